The lowest BCUT2D eigenvalue weighted by Crippen LogP contribution is -2.18. The van der Waals surface area contributed by atoms with Crippen molar-refractivity contribution in [3.05, 3.63) is 29.8 Å². The van der Waals surface area contributed by atoms with Gasteiger partial charge in [-0.15, -0.1) is 11.8 Å². The van der Waals surface area contributed by atoms with Gasteiger partial charge in [-0.2, -0.15) is 0 Å². The van der Waals surface area contributed by atoms with E-state index in [0.29, 0.717) is 13.2 Å². The fraction of sp³-hybridized carbons (Fsp3) is 0.600. The van der Waals surface area contributed by atoms with E-state index in [0.717, 1.165) is 32.1 Å². The van der Waals surface area contributed by atoms with Crippen LogP contribution in [0.4, 0.5) is 0 Å². The molecule has 0 fully saturated rings. The third kappa shape index (κ3) is 8.55. The molecule has 0 unspecified atom stereocenters. The summed E-state index contributed by atoms with van der Waals surface area (Å²) in [5, 5.41) is 3.33. The summed E-state index contributed by atoms with van der Waals surface area (Å²) in [6, 6.07) is 8.64. The van der Waals surface area contributed by atoms with E-state index < -0.39 is 0 Å². The first-order chi connectivity index (χ1) is 9.86. The van der Waals surface area contributed by atoms with Gasteiger partial charge in [0.2, 0.25) is 0 Å². The van der Waals surface area contributed by atoms with E-state index in [9.17, 15) is 0 Å². The van der Waals surface area contributed by atoms with Crippen molar-refractivity contribution in [2.24, 2.45) is 0 Å². The third-order valence-corrected chi connectivity index (χ3v) is 3.64. The lowest BCUT2D eigenvalue weighted by atomic mass is 10.2. The number of methoxy groups -OCH3 is 2. The Hall–Kier alpha value is -0.590. The van der Waals surface area contributed by atoms with Crippen molar-refractivity contribution < 1.29 is 14.2 Å². The molecule has 5 heteroatoms. The van der Waals surface area contributed by atoms with Gasteiger partial charge in [0.1, 0.15) is 0 Å². The number of benzene rings is 1. The van der Waals surface area contributed by atoms with E-state index in [2.05, 4.69) is 29.6 Å². The van der Waals surface area contributed by atoms with Crippen LogP contribution in [0.5, 0.6) is 0 Å². The van der Waals surface area contributed by atoms with Crippen LogP contribution in [0.15, 0.2) is 29.2 Å². The minimum Gasteiger partial charge on any atom is -0.383 e. The van der Waals surface area contributed by atoms with Gasteiger partial charge in [-0.25, -0.2) is 0 Å². The lowest BCUT2D eigenvalue weighted by molar-refractivity contribution is 0.0790. The maximum Gasteiger partial charge on any atom is 0.0700 e. The molecule has 4 nitrogen and oxygen atoms in total. The van der Waals surface area contributed by atoms with Gasteiger partial charge in [-0.05, 0) is 17.7 Å². The Balaban J connectivity index is 2.12. The smallest absolute Gasteiger partial charge is 0.0700 e. The zero-order valence-corrected chi connectivity index (χ0v) is 13.2. The fourth-order valence-corrected chi connectivity index (χ4v) is 2.34. The van der Waals surface area contributed by atoms with Crippen molar-refractivity contribution in [1.82, 2.24) is 5.32 Å². The van der Waals surface area contributed by atoms with Crippen LogP contribution in [0, 0.1) is 0 Å². The monoisotopic (exact) mass is 299 g/mol. The first kappa shape index (κ1) is 17.5. The van der Waals surface area contributed by atoms with Gasteiger partial charge in [-0.1, -0.05) is 12.1 Å². The van der Waals surface area contributed by atoms with Crippen molar-refractivity contribution in [3.63, 3.8) is 0 Å². The molecule has 0 atom stereocenters. The summed E-state index contributed by atoms with van der Waals surface area (Å²) < 4.78 is 15.3. The maximum absolute atomic E-state index is 5.43. The van der Waals surface area contributed by atoms with E-state index >= 15 is 0 Å². The van der Waals surface area contributed by atoms with E-state index in [1.807, 2.05) is 11.8 Å². The molecule has 0 spiro atoms. The Bertz CT molecular complexity index is 332. The molecule has 0 bridgehead atoms. The molecule has 1 N–H and O–H groups in total. The Labute approximate surface area is 126 Å². The molecule has 0 aliphatic carbocycles. The van der Waals surface area contributed by atoms with Crippen molar-refractivity contribution in [3.8, 4) is 0 Å². The Morgan fingerprint density at radius 2 is 1.70 bits per heavy atom. The van der Waals surface area contributed by atoms with Crippen molar-refractivity contribution in [2.75, 3.05) is 52.9 Å². The average molecular weight is 299 g/mol. The minimum atomic E-state index is 0.662. The van der Waals surface area contributed by atoms with Gasteiger partial charge < -0.3 is 19.5 Å². The highest BCUT2D eigenvalue weighted by Crippen LogP contribution is 2.18. The summed E-state index contributed by atoms with van der Waals surface area (Å²) in [7, 11) is 3.40. The topological polar surface area (TPSA) is 39.7 Å². The number of rotatable bonds is 12. The molecule has 20 heavy (non-hydrogen) atoms. The van der Waals surface area contributed by atoms with Gasteiger partial charge >= 0.3 is 0 Å². The Kier molecular flexibility index (Phi) is 10.6. The second-order valence-electron chi connectivity index (χ2n) is 4.27. The van der Waals surface area contributed by atoms with Crippen LogP contribution >= 0.6 is 11.8 Å². The lowest BCUT2D eigenvalue weighted by Gasteiger charge is -2.06. The van der Waals surface area contributed by atoms with Crippen LogP contribution < -0.4 is 5.32 Å². The van der Waals surface area contributed by atoms with Gasteiger partial charge in [0, 0.05) is 38.0 Å². The molecule has 0 aromatic heterocycles. The quantitative estimate of drug-likeness (QED) is 0.473. The number of nitrogens with one attached hydrogen (secondary N) is 1. The van der Waals surface area contributed by atoms with Crippen molar-refractivity contribution in [1.29, 1.82) is 0 Å². The predicted molar refractivity (Wildman–Crippen MR) is 83.4 cm³/mol. The van der Waals surface area contributed by atoms with Gasteiger partial charge in [0.15, 0.2) is 0 Å². The second-order valence-corrected chi connectivity index (χ2v) is 5.44. The molecule has 0 aliphatic heterocycles. The molecule has 0 radical (unpaired) electrons. The zero-order chi connectivity index (χ0) is 14.5. The fourth-order valence-electron chi connectivity index (χ4n) is 1.57. The predicted octanol–water partition coefficient (Wildman–Crippen LogP) is 2.18. The normalized spacial score (nSPS) is 10.9. The van der Waals surface area contributed by atoms with Crippen LogP contribution in [0.1, 0.15) is 5.56 Å². The highest BCUT2D eigenvalue weighted by atomic mass is 32.2. The molecule has 0 aliphatic rings. The van der Waals surface area contributed by atoms with Crippen molar-refractivity contribution in [2.45, 2.75) is 11.4 Å². The minimum absolute atomic E-state index is 0.662. The summed E-state index contributed by atoms with van der Waals surface area (Å²) in [5.74, 6) is 0.967. The van der Waals surface area contributed by atoms with Crippen LogP contribution in [-0.4, -0.2) is 52.9 Å². The highest BCUT2D eigenvalue weighted by Gasteiger charge is 1.96. The largest absolute Gasteiger partial charge is 0.383 e. The SMILES string of the molecule is COCCNCc1ccc(SCCOCCOC)cc1. The molecule has 1 rings (SSSR count). The summed E-state index contributed by atoms with van der Waals surface area (Å²) in [6.45, 7) is 4.60. The first-order valence-corrected chi connectivity index (χ1v) is 7.83. The molecule has 114 valence electrons. The molecule has 0 amide bonds. The van der Waals surface area contributed by atoms with Gasteiger partial charge in [-0.3, -0.25) is 0 Å². The molecule has 1 aromatic carbocycles. The van der Waals surface area contributed by atoms with Gasteiger partial charge in [0.25, 0.3) is 0 Å². The average Bonchev–Trinajstić information content (AvgIpc) is 2.49. The Morgan fingerprint density at radius 3 is 2.40 bits per heavy atom. The van der Waals surface area contributed by atoms with E-state index in [1.54, 1.807) is 14.2 Å². The number of ether oxygens (including phenoxy) is 3. The summed E-state index contributed by atoms with van der Waals surface area (Å²) >= 11 is 1.81. The van der Waals surface area contributed by atoms with E-state index in [4.69, 9.17) is 14.2 Å². The molecule has 0 saturated carbocycles. The molecule has 0 heterocycles. The number of hydrogen-bond donors (Lipinski definition) is 1. The third-order valence-electron chi connectivity index (χ3n) is 2.66. The standard InChI is InChI=1S/C15H25NO3S/c1-17-8-7-16-13-14-3-5-15(6-4-14)20-12-11-19-10-9-18-2/h3-6,16H,7-13H2,1-2H3. The number of thioether (sulfide) groups is 1. The van der Waals surface area contributed by atoms with Gasteiger partial charge in [0.05, 0.1) is 26.4 Å². The Morgan fingerprint density at radius 1 is 0.950 bits per heavy atom. The molecule has 0 saturated heterocycles. The molecule has 1 aromatic rings. The summed E-state index contributed by atoms with van der Waals surface area (Å²) in [5.41, 5.74) is 1.29. The summed E-state index contributed by atoms with van der Waals surface area (Å²) in [6.07, 6.45) is 0. The zero-order valence-electron chi connectivity index (χ0n) is 12.4. The second kappa shape index (κ2) is 12.2. The van der Waals surface area contributed by atoms with Crippen LogP contribution in [0.3, 0.4) is 0 Å². The highest BCUT2D eigenvalue weighted by molar-refractivity contribution is 7.99. The van der Waals surface area contributed by atoms with Crippen molar-refractivity contribution >= 4 is 11.8 Å². The van der Waals surface area contributed by atoms with Crippen LogP contribution in [0.2, 0.25) is 0 Å². The first-order valence-electron chi connectivity index (χ1n) is 6.85. The molecular weight excluding hydrogens is 274 g/mol. The van der Waals surface area contributed by atoms with E-state index in [-0.39, 0.29) is 0 Å². The van der Waals surface area contributed by atoms with Crippen LogP contribution in [0.25, 0.3) is 0 Å². The number of hydrogen-bond acceptors (Lipinski definition) is 5. The molecular formula is C15H25NO3S. The van der Waals surface area contributed by atoms with Crippen LogP contribution in [-0.2, 0) is 20.8 Å². The summed E-state index contributed by atoms with van der Waals surface area (Å²) in [4.78, 5) is 1.28. The maximum atomic E-state index is 5.43. The van der Waals surface area contributed by atoms with E-state index in [1.165, 1.54) is 10.5 Å².